The summed E-state index contributed by atoms with van der Waals surface area (Å²) in [5, 5.41) is 3.30. The smallest absolute Gasteiger partial charge is 0.124 e. The van der Waals surface area contributed by atoms with E-state index in [9.17, 15) is 0 Å². The van der Waals surface area contributed by atoms with E-state index < -0.39 is 0 Å². The molecule has 1 heterocycles. The molecule has 14 heavy (non-hydrogen) atoms. The molecule has 0 amide bonds. The van der Waals surface area contributed by atoms with Gasteiger partial charge in [-0.05, 0) is 32.0 Å². The van der Waals surface area contributed by atoms with Gasteiger partial charge in [-0.25, -0.2) is 0 Å². The zero-order chi connectivity index (χ0) is 10.1. The Kier molecular flexibility index (Phi) is 2.46. The maximum atomic E-state index is 5.75. The zero-order valence-electron chi connectivity index (χ0n) is 9.00. The van der Waals surface area contributed by atoms with Crippen LogP contribution in [0, 0.1) is 0 Å². The molecule has 1 aliphatic heterocycles. The molecule has 1 aliphatic rings. The van der Waals surface area contributed by atoms with Crippen molar-refractivity contribution in [1.82, 2.24) is 5.32 Å². The van der Waals surface area contributed by atoms with E-state index in [1.165, 1.54) is 11.1 Å². The van der Waals surface area contributed by atoms with Crippen LogP contribution in [0.25, 0.3) is 0 Å². The van der Waals surface area contributed by atoms with Gasteiger partial charge in [0.15, 0.2) is 0 Å². The number of ether oxygens (including phenoxy) is 1. The largest absolute Gasteiger partial charge is 0.488 e. The van der Waals surface area contributed by atoms with Crippen molar-refractivity contribution in [2.45, 2.75) is 32.4 Å². The van der Waals surface area contributed by atoms with Crippen molar-refractivity contribution < 1.29 is 4.74 Å². The molecule has 2 unspecified atom stereocenters. The van der Waals surface area contributed by atoms with Crippen molar-refractivity contribution >= 4 is 0 Å². The van der Waals surface area contributed by atoms with Gasteiger partial charge in [0.2, 0.25) is 0 Å². The summed E-state index contributed by atoms with van der Waals surface area (Å²) in [5.41, 5.74) is 2.68. The van der Waals surface area contributed by atoms with Crippen molar-refractivity contribution in [2.75, 3.05) is 7.05 Å². The quantitative estimate of drug-likeness (QED) is 0.774. The third-order valence-corrected chi connectivity index (χ3v) is 2.91. The molecule has 76 valence electrons. The maximum Gasteiger partial charge on any atom is 0.124 e. The first-order chi connectivity index (χ1) is 6.76. The lowest BCUT2D eigenvalue weighted by molar-refractivity contribution is 0.214. The second kappa shape index (κ2) is 3.62. The number of fused-ring (bicyclic) bond motifs is 1. The third-order valence-electron chi connectivity index (χ3n) is 2.91. The number of hydrogen-bond acceptors (Lipinski definition) is 2. The summed E-state index contributed by atoms with van der Waals surface area (Å²) >= 11 is 0. The standard InChI is InChI=1S/C12H17NO/c1-4-9-5-6-11-10(7-9)12(13-3)8(2)14-11/h5-8,12-13H,4H2,1-3H3. The van der Waals surface area contributed by atoms with Gasteiger partial charge in [0.05, 0.1) is 6.04 Å². The molecule has 1 aromatic rings. The van der Waals surface area contributed by atoms with Gasteiger partial charge in [0.25, 0.3) is 0 Å². The first-order valence-electron chi connectivity index (χ1n) is 5.23. The number of rotatable bonds is 2. The van der Waals surface area contributed by atoms with Crippen LogP contribution in [0.5, 0.6) is 5.75 Å². The van der Waals surface area contributed by atoms with Crippen molar-refractivity contribution in [1.29, 1.82) is 0 Å². The molecule has 0 aromatic heterocycles. The average Bonchev–Trinajstić information content (AvgIpc) is 2.52. The lowest BCUT2D eigenvalue weighted by Gasteiger charge is -2.13. The number of nitrogens with one attached hydrogen (secondary N) is 1. The van der Waals surface area contributed by atoms with Crippen molar-refractivity contribution in [2.24, 2.45) is 0 Å². The fraction of sp³-hybridized carbons (Fsp3) is 0.500. The summed E-state index contributed by atoms with van der Waals surface area (Å²) in [5.74, 6) is 1.04. The molecule has 0 spiro atoms. The highest BCUT2D eigenvalue weighted by Crippen LogP contribution is 2.36. The summed E-state index contributed by atoms with van der Waals surface area (Å²) < 4.78 is 5.75. The summed E-state index contributed by atoms with van der Waals surface area (Å²) in [4.78, 5) is 0. The van der Waals surface area contributed by atoms with Gasteiger partial charge >= 0.3 is 0 Å². The predicted octanol–water partition coefficient (Wildman–Crippen LogP) is 2.29. The molecule has 0 saturated heterocycles. The number of aryl methyl sites for hydroxylation is 1. The summed E-state index contributed by atoms with van der Waals surface area (Å²) in [6, 6.07) is 6.82. The fourth-order valence-corrected chi connectivity index (χ4v) is 2.08. The van der Waals surface area contributed by atoms with Crippen molar-refractivity contribution in [3.05, 3.63) is 29.3 Å². The third kappa shape index (κ3) is 1.40. The molecule has 0 radical (unpaired) electrons. The molecular formula is C12H17NO. The average molecular weight is 191 g/mol. The first-order valence-corrected chi connectivity index (χ1v) is 5.23. The highest BCUT2D eigenvalue weighted by atomic mass is 16.5. The number of likely N-dealkylation sites (N-methyl/N-ethyl adjacent to an activating group) is 1. The zero-order valence-corrected chi connectivity index (χ0v) is 9.00. The van der Waals surface area contributed by atoms with E-state index in [1.807, 2.05) is 7.05 Å². The normalized spacial score (nSPS) is 24.5. The topological polar surface area (TPSA) is 21.3 Å². The minimum Gasteiger partial charge on any atom is -0.488 e. The highest BCUT2D eigenvalue weighted by Gasteiger charge is 2.29. The van der Waals surface area contributed by atoms with Gasteiger partial charge in [-0.2, -0.15) is 0 Å². The summed E-state index contributed by atoms with van der Waals surface area (Å²) in [6.07, 6.45) is 1.32. The van der Waals surface area contributed by atoms with Gasteiger partial charge in [-0.1, -0.05) is 19.1 Å². The van der Waals surface area contributed by atoms with Gasteiger partial charge < -0.3 is 10.1 Å². The second-order valence-electron chi connectivity index (χ2n) is 3.82. The minimum absolute atomic E-state index is 0.238. The molecule has 2 nitrogen and oxygen atoms in total. The molecule has 1 N–H and O–H groups in total. The fourth-order valence-electron chi connectivity index (χ4n) is 2.08. The predicted molar refractivity (Wildman–Crippen MR) is 57.7 cm³/mol. The molecule has 0 fully saturated rings. The minimum atomic E-state index is 0.238. The van der Waals surface area contributed by atoms with E-state index in [1.54, 1.807) is 0 Å². The van der Waals surface area contributed by atoms with Gasteiger partial charge in [0.1, 0.15) is 11.9 Å². The lowest BCUT2D eigenvalue weighted by Crippen LogP contribution is -2.25. The molecule has 2 heteroatoms. The Morgan fingerprint density at radius 2 is 2.21 bits per heavy atom. The maximum absolute atomic E-state index is 5.75. The van der Waals surface area contributed by atoms with Gasteiger partial charge in [-0.15, -0.1) is 0 Å². The Morgan fingerprint density at radius 3 is 2.86 bits per heavy atom. The Labute approximate surface area is 85.3 Å². The Hall–Kier alpha value is -1.02. The van der Waals surface area contributed by atoms with E-state index >= 15 is 0 Å². The van der Waals surface area contributed by atoms with Crippen LogP contribution in [0.15, 0.2) is 18.2 Å². The van der Waals surface area contributed by atoms with Crippen LogP contribution in [-0.2, 0) is 6.42 Å². The SMILES string of the molecule is CCc1ccc2c(c1)C(NC)C(C)O2. The number of benzene rings is 1. The van der Waals surface area contributed by atoms with Crippen LogP contribution in [0.4, 0.5) is 0 Å². The van der Waals surface area contributed by atoms with Crippen LogP contribution < -0.4 is 10.1 Å². The Balaban J connectivity index is 2.39. The van der Waals surface area contributed by atoms with E-state index in [0.29, 0.717) is 6.04 Å². The van der Waals surface area contributed by atoms with E-state index in [2.05, 4.69) is 37.4 Å². The van der Waals surface area contributed by atoms with Crippen LogP contribution in [-0.4, -0.2) is 13.2 Å². The molecule has 2 atom stereocenters. The molecule has 2 rings (SSSR count). The molecule has 0 saturated carbocycles. The van der Waals surface area contributed by atoms with Crippen molar-refractivity contribution in [3.63, 3.8) is 0 Å². The monoisotopic (exact) mass is 191 g/mol. The van der Waals surface area contributed by atoms with Gasteiger partial charge in [-0.3, -0.25) is 0 Å². The molecule has 0 aliphatic carbocycles. The van der Waals surface area contributed by atoms with E-state index in [-0.39, 0.29) is 6.10 Å². The first kappa shape index (κ1) is 9.53. The van der Waals surface area contributed by atoms with Gasteiger partial charge in [0, 0.05) is 5.56 Å². The molecule has 0 bridgehead atoms. The molecule has 1 aromatic carbocycles. The van der Waals surface area contributed by atoms with Crippen molar-refractivity contribution in [3.8, 4) is 5.75 Å². The molecular weight excluding hydrogens is 174 g/mol. The van der Waals surface area contributed by atoms with Crippen LogP contribution in [0.2, 0.25) is 0 Å². The second-order valence-corrected chi connectivity index (χ2v) is 3.82. The summed E-state index contributed by atoms with van der Waals surface area (Å²) in [6.45, 7) is 4.28. The van der Waals surface area contributed by atoms with Crippen LogP contribution in [0.1, 0.15) is 31.0 Å². The van der Waals surface area contributed by atoms with E-state index in [4.69, 9.17) is 4.74 Å². The van der Waals surface area contributed by atoms with Crippen LogP contribution in [0.3, 0.4) is 0 Å². The Morgan fingerprint density at radius 1 is 1.43 bits per heavy atom. The lowest BCUT2D eigenvalue weighted by atomic mass is 10.0. The Bertz CT molecular complexity index is 335. The summed E-state index contributed by atoms with van der Waals surface area (Å²) in [7, 11) is 1.98. The van der Waals surface area contributed by atoms with E-state index in [0.717, 1.165) is 12.2 Å². The number of hydrogen-bond donors (Lipinski definition) is 1. The van der Waals surface area contributed by atoms with Crippen LogP contribution >= 0.6 is 0 Å². The highest BCUT2D eigenvalue weighted by molar-refractivity contribution is 5.43.